The van der Waals surface area contributed by atoms with Crippen LogP contribution in [-0.4, -0.2) is 58.7 Å². The van der Waals surface area contributed by atoms with E-state index >= 15 is 0 Å². The van der Waals surface area contributed by atoms with E-state index in [2.05, 4.69) is 5.32 Å². The fraction of sp³-hybridized carbons (Fsp3) is 0.647. The topological polar surface area (TPSA) is 67.9 Å². The summed E-state index contributed by atoms with van der Waals surface area (Å²) in [7, 11) is -1.82. The highest BCUT2D eigenvalue weighted by Crippen LogP contribution is 2.33. The maximum atomic E-state index is 13.2. The normalized spacial score (nSPS) is 24.7. The van der Waals surface area contributed by atoms with E-state index in [1.165, 1.54) is 6.07 Å². The molecule has 2 atom stereocenters. The van der Waals surface area contributed by atoms with Gasteiger partial charge in [-0.25, -0.2) is 8.42 Å². The molecule has 2 fully saturated rings. The van der Waals surface area contributed by atoms with Crippen LogP contribution < -0.4 is 10.1 Å². The zero-order valence-electron chi connectivity index (χ0n) is 14.4. The van der Waals surface area contributed by atoms with Crippen molar-refractivity contribution in [1.29, 1.82) is 0 Å². The number of hydrogen-bond acceptors (Lipinski definition) is 5. The van der Waals surface area contributed by atoms with E-state index in [1.54, 1.807) is 16.4 Å². The lowest BCUT2D eigenvalue weighted by Crippen LogP contribution is -2.40. The van der Waals surface area contributed by atoms with Gasteiger partial charge in [-0.05, 0) is 44.5 Å². The van der Waals surface area contributed by atoms with E-state index in [-0.39, 0.29) is 10.9 Å². The van der Waals surface area contributed by atoms with Gasteiger partial charge in [-0.3, -0.25) is 0 Å². The molecule has 140 valence electrons. The van der Waals surface area contributed by atoms with E-state index in [4.69, 9.17) is 21.1 Å². The zero-order chi connectivity index (χ0) is 17.9. The first kappa shape index (κ1) is 18.9. The average molecular weight is 389 g/mol. The lowest BCUT2D eigenvalue weighted by atomic mass is 10.1. The van der Waals surface area contributed by atoms with Gasteiger partial charge in [0.05, 0.1) is 13.2 Å². The molecule has 2 aliphatic rings. The SMILES string of the molecule is CNCC1CCCN1S(=O)(=O)c1cc(Cl)ccc1OCC1CCOC1. The van der Waals surface area contributed by atoms with Crippen molar-refractivity contribution in [2.24, 2.45) is 5.92 Å². The standard InChI is InChI=1S/C17H25ClN2O4S/c1-19-10-15-3-2-7-20(15)25(21,22)17-9-14(18)4-5-16(17)24-12-13-6-8-23-11-13/h4-5,9,13,15,19H,2-3,6-8,10-12H2,1H3. The largest absolute Gasteiger partial charge is 0.492 e. The highest BCUT2D eigenvalue weighted by Gasteiger charge is 2.36. The van der Waals surface area contributed by atoms with Crippen molar-refractivity contribution in [2.45, 2.75) is 30.2 Å². The first-order chi connectivity index (χ1) is 12.0. The molecule has 8 heteroatoms. The summed E-state index contributed by atoms with van der Waals surface area (Å²) in [4.78, 5) is 0.155. The van der Waals surface area contributed by atoms with Crippen LogP contribution in [-0.2, 0) is 14.8 Å². The van der Waals surface area contributed by atoms with Crippen LogP contribution in [0, 0.1) is 5.92 Å². The van der Waals surface area contributed by atoms with E-state index in [0.717, 1.165) is 25.9 Å². The third-order valence-electron chi connectivity index (χ3n) is 4.75. The fourth-order valence-corrected chi connectivity index (χ4v) is 5.51. The summed E-state index contributed by atoms with van der Waals surface area (Å²) in [6.45, 7) is 3.00. The Morgan fingerprint density at radius 3 is 2.96 bits per heavy atom. The number of halogens is 1. The number of nitrogens with one attached hydrogen (secondary N) is 1. The second kappa shape index (κ2) is 8.22. The summed E-state index contributed by atoms with van der Waals surface area (Å²) in [5, 5.41) is 3.46. The van der Waals surface area contributed by atoms with Crippen LogP contribution in [0.4, 0.5) is 0 Å². The molecule has 3 rings (SSSR count). The number of benzene rings is 1. The third-order valence-corrected chi connectivity index (χ3v) is 6.96. The molecule has 0 aromatic heterocycles. The molecule has 0 spiro atoms. The molecule has 0 radical (unpaired) electrons. The van der Waals surface area contributed by atoms with Crippen molar-refractivity contribution >= 4 is 21.6 Å². The molecule has 2 heterocycles. The Morgan fingerprint density at radius 2 is 2.24 bits per heavy atom. The van der Waals surface area contributed by atoms with Gasteiger partial charge < -0.3 is 14.8 Å². The molecule has 25 heavy (non-hydrogen) atoms. The first-order valence-electron chi connectivity index (χ1n) is 8.69. The number of likely N-dealkylation sites (N-methyl/N-ethyl adjacent to an activating group) is 1. The maximum absolute atomic E-state index is 13.2. The second-order valence-electron chi connectivity index (χ2n) is 6.60. The lowest BCUT2D eigenvalue weighted by molar-refractivity contribution is 0.166. The minimum absolute atomic E-state index is 0.0370. The number of nitrogens with zero attached hydrogens (tertiary/aromatic N) is 1. The van der Waals surface area contributed by atoms with Gasteiger partial charge in [-0.15, -0.1) is 0 Å². The predicted molar refractivity (Wildman–Crippen MR) is 96.7 cm³/mol. The number of rotatable bonds is 7. The van der Waals surface area contributed by atoms with Gasteiger partial charge in [0.25, 0.3) is 0 Å². The second-order valence-corrected chi connectivity index (χ2v) is 8.90. The molecular formula is C17H25ClN2O4S. The molecule has 0 bridgehead atoms. The Morgan fingerprint density at radius 1 is 1.40 bits per heavy atom. The maximum Gasteiger partial charge on any atom is 0.247 e. The van der Waals surface area contributed by atoms with Crippen molar-refractivity contribution < 1.29 is 17.9 Å². The highest BCUT2D eigenvalue weighted by atomic mass is 35.5. The van der Waals surface area contributed by atoms with Crippen LogP contribution in [0.5, 0.6) is 5.75 Å². The van der Waals surface area contributed by atoms with Crippen LogP contribution in [0.15, 0.2) is 23.1 Å². The Kier molecular flexibility index (Phi) is 6.22. The van der Waals surface area contributed by atoms with Gasteiger partial charge >= 0.3 is 0 Å². The summed E-state index contributed by atoms with van der Waals surface area (Å²) in [6, 6.07) is 4.77. The molecule has 6 nitrogen and oxygen atoms in total. The minimum atomic E-state index is -3.66. The monoisotopic (exact) mass is 388 g/mol. The number of ether oxygens (including phenoxy) is 2. The van der Waals surface area contributed by atoms with Gasteiger partial charge in [0.15, 0.2) is 0 Å². The molecule has 2 unspecified atom stereocenters. The van der Waals surface area contributed by atoms with Crippen molar-refractivity contribution in [3.63, 3.8) is 0 Å². The predicted octanol–water partition coefficient (Wildman–Crippen LogP) is 2.13. The van der Waals surface area contributed by atoms with Crippen LogP contribution in [0.1, 0.15) is 19.3 Å². The Bertz CT molecular complexity index is 692. The summed E-state index contributed by atoms with van der Waals surface area (Å²) in [5.41, 5.74) is 0. The zero-order valence-corrected chi connectivity index (χ0v) is 16.0. The van der Waals surface area contributed by atoms with Crippen molar-refractivity contribution in [2.75, 3.05) is 40.0 Å². The van der Waals surface area contributed by atoms with Gasteiger partial charge in [-0.1, -0.05) is 11.6 Å². The fourth-order valence-electron chi connectivity index (χ4n) is 3.42. The van der Waals surface area contributed by atoms with E-state index < -0.39 is 10.0 Å². The molecule has 2 saturated heterocycles. The van der Waals surface area contributed by atoms with Crippen molar-refractivity contribution in [3.05, 3.63) is 23.2 Å². The summed E-state index contributed by atoms with van der Waals surface area (Å²) in [5.74, 6) is 0.668. The molecular weight excluding hydrogens is 364 g/mol. The van der Waals surface area contributed by atoms with Gasteiger partial charge in [0.1, 0.15) is 10.6 Å². The quantitative estimate of drug-likeness (QED) is 0.775. The molecule has 2 aliphatic heterocycles. The van der Waals surface area contributed by atoms with Crippen LogP contribution in [0.25, 0.3) is 0 Å². The summed E-state index contributed by atoms with van der Waals surface area (Å²) in [6.07, 6.45) is 2.66. The third kappa shape index (κ3) is 4.28. The van der Waals surface area contributed by atoms with E-state index in [9.17, 15) is 8.42 Å². The molecule has 0 aliphatic carbocycles. The Hall–Kier alpha value is -0.860. The van der Waals surface area contributed by atoms with Gasteiger partial charge in [0, 0.05) is 36.7 Å². The summed E-state index contributed by atoms with van der Waals surface area (Å²) < 4.78 is 39.2. The number of sulfonamides is 1. The minimum Gasteiger partial charge on any atom is -0.492 e. The lowest BCUT2D eigenvalue weighted by Gasteiger charge is -2.25. The molecule has 1 aromatic carbocycles. The van der Waals surface area contributed by atoms with E-state index in [1.807, 2.05) is 7.05 Å². The van der Waals surface area contributed by atoms with Gasteiger partial charge in [-0.2, -0.15) is 4.31 Å². The molecule has 1 N–H and O–H groups in total. The van der Waals surface area contributed by atoms with Crippen LogP contribution in [0.2, 0.25) is 5.02 Å². The van der Waals surface area contributed by atoms with Gasteiger partial charge in [0.2, 0.25) is 10.0 Å². The molecule has 0 saturated carbocycles. The smallest absolute Gasteiger partial charge is 0.247 e. The molecule has 1 aromatic rings. The molecule has 0 amide bonds. The highest BCUT2D eigenvalue weighted by molar-refractivity contribution is 7.89. The van der Waals surface area contributed by atoms with Crippen molar-refractivity contribution in [1.82, 2.24) is 9.62 Å². The summed E-state index contributed by atoms with van der Waals surface area (Å²) >= 11 is 6.08. The Labute approximate surface area is 154 Å². The first-order valence-corrected chi connectivity index (χ1v) is 10.5. The Balaban J connectivity index is 1.84. The number of hydrogen-bond donors (Lipinski definition) is 1. The van der Waals surface area contributed by atoms with Crippen LogP contribution in [0.3, 0.4) is 0 Å². The van der Waals surface area contributed by atoms with E-state index in [0.29, 0.717) is 43.0 Å². The van der Waals surface area contributed by atoms with Crippen LogP contribution >= 0.6 is 11.6 Å². The average Bonchev–Trinajstić information content (AvgIpc) is 3.25. The van der Waals surface area contributed by atoms with Crippen molar-refractivity contribution in [3.8, 4) is 5.75 Å².